The first-order chi connectivity index (χ1) is 15.3. The van der Waals surface area contributed by atoms with E-state index in [1.807, 2.05) is 0 Å². The minimum absolute atomic E-state index is 0.0103. The van der Waals surface area contributed by atoms with Gasteiger partial charge in [-0.05, 0) is 38.1 Å². The molecule has 32 heavy (non-hydrogen) atoms. The number of morpholine rings is 1. The number of benzene rings is 2. The highest BCUT2D eigenvalue weighted by molar-refractivity contribution is 7.89. The fourth-order valence-corrected chi connectivity index (χ4v) is 5.02. The molecule has 170 valence electrons. The van der Waals surface area contributed by atoms with Gasteiger partial charge in [0.2, 0.25) is 10.0 Å². The molecule has 3 aromatic rings. The molecule has 0 spiro atoms. The SMILES string of the molecule is CCOc1ccc(S(=O)(=O)N2CCOCC2)cc1NC(=O)c1oc2c(F)cccc2c1C. The average Bonchev–Trinajstić information content (AvgIpc) is 3.13. The van der Waals surface area contributed by atoms with Gasteiger partial charge in [-0.2, -0.15) is 4.31 Å². The summed E-state index contributed by atoms with van der Waals surface area (Å²) in [4.78, 5) is 13.0. The van der Waals surface area contributed by atoms with Crippen LogP contribution >= 0.6 is 0 Å². The lowest BCUT2D eigenvalue weighted by Crippen LogP contribution is -2.40. The smallest absolute Gasteiger partial charge is 0.291 e. The maximum atomic E-state index is 14.1. The molecule has 4 rings (SSSR count). The zero-order valence-electron chi connectivity index (χ0n) is 17.7. The maximum Gasteiger partial charge on any atom is 0.291 e. The second-order valence-corrected chi connectivity index (χ2v) is 9.17. The average molecular weight is 462 g/mol. The molecule has 2 aromatic carbocycles. The highest BCUT2D eigenvalue weighted by atomic mass is 32.2. The molecule has 10 heteroatoms. The van der Waals surface area contributed by atoms with Crippen LogP contribution in [0.1, 0.15) is 23.0 Å². The summed E-state index contributed by atoms with van der Waals surface area (Å²) in [5.41, 5.74) is 0.641. The first kappa shape index (κ1) is 22.3. The summed E-state index contributed by atoms with van der Waals surface area (Å²) in [5.74, 6) is -0.964. The maximum absolute atomic E-state index is 14.1. The third kappa shape index (κ3) is 4.08. The van der Waals surface area contributed by atoms with Crippen LogP contribution in [0.25, 0.3) is 11.0 Å². The van der Waals surface area contributed by atoms with Crippen LogP contribution in [0.5, 0.6) is 5.75 Å². The Hall–Kier alpha value is -2.95. The second kappa shape index (κ2) is 8.89. The summed E-state index contributed by atoms with van der Waals surface area (Å²) in [6.45, 7) is 4.89. The predicted octanol–water partition coefficient (Wildman–Crippen LogP) is 3.55. The topological polar surface area (TPSA) is 98.1 Å². The molecule has 1 amide bonds. The summed E-state index contributed by atoms with van der Waals surface area (Å²) in [7, 11) is -3.78. The Labute approximate surface area is 185 Å². The minimum Gasteiger partial charge on any atom is -0.492 e. The van der Waals surface area contributed by atoms with Crippen molar-refractivity contribution in [3.63, 3.8) is 0 Å². The highest BCUT2D eigenvalue weighted by Crippen LogP contribution is 2.32. The van der Waals surface area contributed by atoms with E-state index in [9.17, 15) is 17.6 Å². The summed E-state index contributed by atoms with van der Waals surface area (Å²) in [5, 5.41) is 3.15. The van der Waals surface area contributed by atoms with Gasteiger partial charge in [-0.15, -0.1) is 0 Å². The number of nitrogens with zero attached hydrogens (tertiary/aromatic N) is 1. The lowest BCUT2D eigenvalue weighted by molar-refractivity contribution is 0.0730. The van der Waals surface area contributed by atoms with Crippen molar-refractivity contribution in [1.82, 2.24) is 4.31 Å². The number of hydrogen-bond acceptors (Lipinski definition) is 6. The number of ether oxygens (including phenoxy) is 2. The van der Waals surface area contributed by atoms with Gasteiger partial charge >= 0.3 is 0 Å². The van der Waals surface area contributed by atoms with Crippen molar-refractivity contribution in [2.45, 2.75) is 18.7 Å². The number of halogens is 1. The summed E-state index contributed by atoms with van der Waals surface area (Å²) in [6.07, 6.45) is 0. The Morgan fingerprint density at radius 1 is 1.22 bits per heavy atom. The molecule has 0 atom stereocenters. The number of hydrogen-bond donors (Lipinski definition) is 1. The van der Waals surface area contributed by atoms with Gasteiger partial charge in [-0.25, -0.2) is 12.8 Å². The van der Waals surface area contributed by atoms with E-state index in [0.29, 0.717) is 36.5 Å². The lowest BCUT2D eigenvalue weighted by Gasteiger charge is -2.26. The Bertz CT molecular complexity index is 1260. The van der Waals surface area contributed by atoms with E-state index in [0.717, 1.165) is 0 Å². The zero-order valence-corrected chi connectivity index (χ0v) is 18.5. The Morgan fingerprint density at radius 3 is 2.66 bits per heavy atom. The molecule has 0 aliphatic carbocycles. The lowest BCUT2D eigenvalue weighted by atomic mass is 10.1. The molecule has 2 heterocycles. The van der Waals surface area contributed by atoms with E-state index in [-0.39, 0.29) is 35.0 Å². The number of rotatable bonds is 6. The van der Waals surface area contributed by atoms with Gasteiger partial charge in [0.15, 0.2) is 17.2 Å². The quantitative estimate of drug-likeness (QED) is 0.602. The van der Waals surface area contributed by atoms with Gasteiger partial charge in [-0.1, -0.05) is 12.1 Å². The van der Waals surface area contributed by atoms with Crippen molar-refractivity contribution in [3.05, 3.63) is 53.5 Å². The minimum atomic E-state index is -3.78. The number of nitrogens with one attached hydrogen (secondary N) is 1. The molecule has 1 saturated heterocycles. The third-order valence-electron chi connectivity index (χ3n) is 5.23. The Morgan fingerprint density at radius 2 is 1.97 bits per heavy atom. The summed E-state index contributed by atoms with van der Waals surface area (Å²) in [6, 6.07) is 8.74. The Balaban J connectivity index is 1.69. The van der Waals surface area contributed by atoms with Crippen LogP contribution in [-0.4, -0.2) is 51.5 Å². The summed E-state index contributed by atoms with van der Waals surface area (Å²) >= 11 is 0. The molecule has 8 nitrogen and oxygen atoms in total. The molecule has 0 unspecified atom stereocenters. The summed E-state index contributed by atoms with van der Waals surface area (Å²) < 4.78 is 57.7. The van der Waals surface area contributed by atoms with Crippen LogP contribution < -0.4 is 10.1 Å². The van der Waals surface area contributed by atoms with Gasteiger partial charge < -0.3 is 19.2 Å². The van der Waals surface area contributed by atoms with Crippen LogP contribution in [0.15, 0.2) is 45.7 Å². The van der Waals surface area contributed by atoms with Gasteiger partial charge in [0.05, 0.1) is 30.4 Å². The third-order valence-corrected chi connectivity index (χ3v) is 7.12. The number of para-hydroxylation sites is 1. The molecule has 0 bridgehead atoms. The molecule has 1 aliphatic heterocycles. The number of sulfonamides is 1. The van der Waals surface area contributed by atoms with Crippen molar-refractivity contribution < 1.29 is 31.5 Å². The molecular formula is C22H23FN2O6S. The molecule has 1 N–H and O–H groups in total. The van der Waals surface area contributed by atoms with Gasteiger partial charge in [0, 0.05) is 24.0 Å². The van der Waals surface area contributed by atoms with E-state index in [2.05, 4.69) is 5.32 Å². The van der Waals surface area contributed by atoms with Crippen LogP contribution in [-0.2, 0) is 14.8 Å². The van der Waals surface area contributed by atoms with Crippen molar-refractivity contribution in [2.75, 3.05) is 38.2 Å². The van der Waals surface area contributed by atoms with Crippen molar-refractivity contribution in [3.8, 4) is 5.75 Å². The normalized spacial score (nSPS) is 15.1. The highest BCUT2D eigenvalue weighted by Gasteiger charge is 2.28. The molecule has 1 aromatic heterocycles. The van der Waals surface area contributed by atoms with Gasteiger partial charge in [0.25, 0.3) is 5.91 Å². The monoisotopic (exact) mass is 462 g/mol. The van der Waals surface area contributed by atoms with Gasteiger partial charge in [0.1, 0.15) is 5.75 Å². The number of carbonyl (C=O) groups excluding carboxylic acids is 1. The van der Waals surface area contributed by atoms with Crippen LogP contribution in [0.2, 0.25) is 0 Å². The van der Waals surface area contributed by atoms with E-state index in [1.165, 1.54) is 34.6 Å². The van der Waals surface area contributed by atoms with Crippen LogP contribution in [0, 0.1) is 12.7 Å². The Kier molecular flexibility index (Phi) is 6.18. The fraction of sp³-hybridized carbons (Fsp3) is 0.318. The first-order valence-corrected chi connectivity index (χ1v) is 11.6. The largest absolute Gasteiger partial charge is 0.492 e. The first-order valence-electron chi connectivity index (χ1n) is 10.2. The van der Waals surface area contributed by atoms with Crippen molar-refractivity contribution in [1.29, 1.82) is 0 Å². The molecular weight excluding hydrogens is 439 g/mol. The van der Waals surface area contributed by atoms with Crippen molar-refractivity contribution in [2.24, 2.45) is 0 Å². The molecule has 0 radical (unpaired) electrons. The van der Waals surface area contributed by atoms with Crippen LogP contribution in [0.3, 0.4) is 0 Å². The number of fused-ring (bicyclic) bond motifs is 1. The second-order valence-electron chi connectivity index (χ2n) is 7.23. The van der Waals surface area contributed by atoms with E-state index < -0.39 is 21.7 Å². The van der Waals surface area contributed by atoms with E-state index in [1.54, 1.807) is 19.9 Å². The zero-order chi connectivity index (χ0) is 22.9. The molecule has 1 aliphatic rings. The van der Waals surface area contributed by atoms with Crippen molar-refractivity contribution >= 4 is 32.6 Å². The molecule has 0 saturated carbocycles. The van der Waals surface area contributed by atoms with Crippen LogP contribution in [0.4, 0.5) is 10.1 Å². The number of anilines is 1. The number of carbonyl (C=O) groups is 1. The number of aryl methyl sites for hydroxylation is 1. The number of furan rings is 1. The standard InChI is InChI=1S/C22H23FN2O6S/c1-3-30-19-8-7-15(32(27,28)25-9-11-29-12-10-25)13-18(19)24-22(26)20-14(2)16-5-4-6-17(23)21(16)31-20/h4-8,13H,3,9-12H2,1-2H3,(H,24,26). The van der Waals surface area contributed by atoms with E-state index >= 15 is 0 Å². The van der Waals surface area contributed by atoms with Gasteiger partial charge in [-0.3, -0.25) is 4.79 Å². The fourth-order valence-electron chi connectivity index (χ4n) is 3.59. The predicted molar refractivity (Wildman–Crippen MR) is 116 cm³/mol. The molecule has 1 fully saturated rings. The number of amides is 1. The van der Waals surface area contributed by atoms with E-state index in [4.69, 9.17) is 13.9 Å².